The lowest BCUT2D eigenvalue weighted by atomic mass is 10.1. The van der Waals surface area contributed by atoms with E-state index in [9.17, 15) is 4.79 Å². The number of carbonyl (C=O) groups excluding carboxylic acids is 1. The number of aromatic nitrogens is 2. The maximum Gasteiger partial charge on any atom is 0.237 e. The molecule has 2 N–H and O–H groups in total. The summed E-state index contributed by atoms with van der Waals surface area (Å²) in [4.78, 5) is 12.3. The van der Waals surface area contributed by atoms with Gasteiger partial charge < -0.3 is 15.4 Å². The van der Waals surface area contributed by atoms with Gasteiger partial charge in [-0.2, -0.15) is 0 Å². The Morgan fingerprint density at radius 3 is 2.56 bits per heavy atom. The van der Waals surface area contributed by atoms with Crippen LogP contribution in [-0.2, 0) is 4.79 Å². The monoisotopic (exact) mass is 380 g/mol. The van der Waals surface area contributed by atoms with E-state index in [-0.39, 0.29) is 16.7 Å². The number of ether oxygens (including phenoxy) is 1. The molecule has 0 aliphatic rings. The first-order chi connectivity index (χ1) is 11.8. The van der Waals surface area contributed by atoms with Crippen LogP contribution in [0.1, 0.15) is 34.6 Å². The number of thioether (sulfide) groups is 1. The average molecular weight is 381 g/mol. The first-order valence-electron chi connectivity index (χ1n) is 8.09. The van der Waals surface area contributed by atoms with Crippen LogP contribution < -0.4 is 15.4 Å². The fourth-order valence-electron chi connectivity index (χ4n) is 1.88. The highest BCUT2D eigenvalue weighted by molar-refractivity contribution is 8.02. The van der Waals surface area contributed by atoms with Gasteiger partial charge in [-0.25, -0.2) is 0 Å². The molecular weight excluding hydrogens is 356 g/mol. The molecule has 0 spiro atoms. The van der Waals surface area contributed by atoms with Gasteiger partial charge in [0, 0.05) is 11.2 Å². The fraction of sp³-hybridized carbons (Fsp3) is 0.471. The van der Waals surface area contributed by atoms with Crippen LogP contribution in [-0.4, -0.2) is 33.5 Å². The van der Waals surface area contributed by atoms with Crippen molar-refractivity contribution in [1.82, 2.24) is 10.2 Å². The quantitative estimate of drug-likeness (QED) is 0.699. The van der Waals surface area contributed by atoms with Crippen LogP contribution in [0.2, 0.25) is 0 Å². The second kappa shape index (κ2) is 8.53. The van der Waals surface area contributed by atoms with E-state index < -0.39 is 0 Å². The zero-order chi connectivity index (χ0) is 18.4. The molecule has 1 unspecified atom stereocenters. The van der Waals surface area contributed by atoms with Crippen molar-refractivity contribution in [2.45, 2.75) is 49.7 Å². The molecule has 136 valence electrons. The Morgan fingerprint density at radius 2 is 1.96 bits per heavy atom. The molecule has 1 atom stereocenters. The molecule has 0 aliphatic heterocycles. The third kappa shape index (κ3) is 6.55. The molecule has 8 heteroatoms. The zero-order valence-corrected chi connectivity index (χ0v) is 16.8. The van der Waals surface area contributed by atoms with Crippen molar-refractivity contribution < 1.29 is 9.53 Å². The minimum Gasteiger partial charge on any atom is -0.494 e. The first-order valence-corrected chi connectivity index (χ1v) is 9.78. The van der Waals surface area contributed by atoms with Crippen molar-refractivity contribution >= 4 is 39.8 Å². The number of amides is 1. The summed E-state index contributed by atoms with van der Waals surface area (Å²) in [6.45, 7) is 10.6. The van der Waals surface area contributed by atoms with E-state index in [4.69, 9.17) is 4.74 Å². The van der Waals surface area contributed by atoms with Crippen molar-refractivity contribution in [2.75, 3.05) is 17.2 Å². The molecule has 0 fully saturated rings. The molecule has 25 heavy (non-hydrogen) atoms. The second-order valence-electron chi connectivity index (χ2n) is 6.45. The molecule has 6 nitrogen and oxygen atoms in total. The number of benzene rings is 1. The first kappa shape index (κ1) is 19.5. The van der Waals surface area contributed by atoms with Gasteiger partial charge in [-0.15, -0.1) is 10.2 Å². The van der Waals surface area contributed by atoms with Gasteiger partial charge in [-0.1, -0.05) is 23.1 Å². The summed E-state index contributed by atoms with van der Waals surface area (Å²) < 4.78 is 6.16. The van der Waals surface area contributed by atoms with Crippen molar-refractivity contribution in [3.8, 4) is 5.75 Å². The summed E-state index contributed by atoms with van der Waals surface area (Å²) in [5, 5.41) is 14.9. The van der Waals surface area contributed by atoms with E-state index >= 15 is 0 Å². The Bertz CT molecular complexity index is 695. The van der Waals surface area contributed by atoms with Crippen LogP contribution in [0.4, 0.5) is 10.8 Å². The minimum atomic E-state index is -0.276. The van der Waals surface area contributed by atoms with E-state index in [2.05, 4.69) is 41.6 Å². The number of anilines is 2. The molecule has 0 saturated heterocycles. The average Bonchev–Trinajstić information content (AvgIpc) is 2.94. The molecule has 1 aromatic heterocycles. The van der Waals surface area contributed by atoms with Gasteiger partial charge in [-0.3, -0.25) is 4.79 Å². The Balaban J connectivity index is 1.89. The topological polar surface area (TPSA) is 76.1 Å². The van der Waals surface area contributed by atoms with Gasteiger partial charge in [0.05, 0.1) is 11.9 Å². The van der Waals surface area contributed by atoms with Gasteiger partial charge in [-0.05, 0) is 58.9 Å². The number of nitrogens with one attached hydrogen (secondary N) is 2. The summed E-state index contributed by atoms with van der Waals surface area (Å²) >= 11 is 2.85. The highest BCUT2D eigenvalue weighted by Gasteiger charge is 2.19. The minimum absolute atomic E-state index is 0.0713. The summed E-state index contributed by atoms with van der Waals surface area (Å²) in [7, 11) is 0. The normalized spacial score (nSPS) is 12.5. The predicted molar refractivity (Wildman–Crippen MR) is 105 cm³/mol. The van der Waals surface area contributed by atoms with Gasteiger partial charge in [0.2, 0.25) is 11.0 Å². The van der Waals surface area contributed by atoms with E-state index in [0.717, 1.165) is 20.9 Å². The van der Waals surface area contributed by atoms with Crippen LogP contribution in [0.5, 0.6) is 5.75 Å². The van der Waals surface area contributed by atoms with Crippen LogP contribution in [0.15, 0.2) is 28.6 Å². The lowest BCUT2D eigenvalue weighted by Gasteiger charge is -2.18. The van der Waals surface area contributed by atoms with Gasteiger partial charge >= 0.3 is 0 Å². The smallest absolute Gasteiger partial charge is 0.237 e. The number of hydrogen-bond donors (Lipinski definition) is 2. The highest BCUT2D eigenvalue weighted by atomic mass is 32.2. The largest absolute Gasteiger partial charge is 0.494 e. The highest BCUT2D eigenvalue weighted by Crippen LogP contribution is 2.30. The lowest BCUT2D eigenvalue weighted by Crippen LogP contribution is -2.25. The molecular formula is C17H24N4O2S2. The standard InChI is InChI=1S/C17H24N4O2S2/c1-6-23-13-9-7-12(8-10-13)18-14(22)11(2)24-16-21-20-15(25-16)19-17(3,4)5/h7-11H,6H2,1-5H3,(H,18,22)(H,19,20). The third-order valence-electron chi connectivity index (χ3n) is 2.97. The fourth-order valence-corrected chi connectivity index (χ4v) is 3.98. The van der Waals surface area contributed by atoms with Crippen LogP contribution >= 0.6 is 23.1 Å². The molecule has 0 aliphatic carbocycles. The summed E-state index contributed by atoms with van der Waals surface area (Å²) in [5.74, 6) is 0.713. The molecule has 2 rings (SSSR count). The second-order valence-corrected chi connectivity index (χ2v) is 9.02. The van der Waals surface area contributed by atoms with Crippen LogP contribution in [0.3, 0.4) is 0 Å². The number of hydrogen-bond acceptors (Lipinski definition) is 7. The van der Waals surface area contributed by atoms with Gasteiger partial charge in [0.25, 0.3) is 0 Å². The van der Waals surface area contributed by atoms with Gasteiger partial charge in [0.15, 0.2) is 4.34 Å². The van der Waals surface area contributed by atoms with Crippen molar-refractivity contribution in [3.63, 3.8) is 0 Å². The summed E-state index contributed by atoms with van der Waals surface area (Å²) in [6.07, 6.45) is 0. The molecule has 0 radical (unpaired) electrons. The van der Waals surface area contributed by atoms with E-state index in [1.54, 1.807) is 0 Å². The SMILES string of the molecule is CCOc1ccc(NC(=O)C(C)Sc2nnc(NC(C)(C)C)s2)cc1. The summed E-state index contributed by atoms with van der Waals surface area (Å²) in [6, 6.07) is 7.34. The number of rotatable bonds is 7. The maximum atomic E-state index is 12.3. The Kier molecular flexibility index (Phi) is 6.66. The molecule has 1 amide bonds. The van der Waals surface area contributed by atoms with Crippen molar-refractivity contribution in [2.24, 2.45) is 0 Å². The molecule has 0 saturated carbocycles. The van der Waals surface area contributed by atoms with E-state index in [0.29, 0.717) is 6.61 Å². The molecule has 1 heterocycles. The Hall–Kier alpha value is -1.80. The predicted octanol–water partition coefficient (Wildman–Crippen LogP) is 4.27. The molecule has 0 bridgehead atoms. The van der Waals surface area contributed by atoms with E-state index in [1.807, 2.05) is 38.1 Å². The van der Waals surface area contributed by atoms with Crippen molar-refractivity contribution in [1.29, 1.82) is 0 Å². The maximum absolute atomic E-state index is 12.3. The van der Waals surface area contributed by atoms with Gasteiger partial charge in [0.1, 0.15) is 5.75 Å². The molecule has 1 aromatic carbocycles. The summed E-state index contributed by atoms with van der Waals surface area (Å²) in [5.41, 5.74) is 0.672. The Labute approximate surface area is 156 Å². The zero-order valence-electron chi connectivity index (χ0n) is 15.1. The van der Waals surface area contributed by atoms with Crippen LogP contribution in [0.25, 0.3) is 0 Å². The third-order valence-corrected chi connectivity index (χ3v) is 4.99. The number of carbonyl (C=O) groups is 1. The van der Waals surface area contributed by atoms with Crippen LogP contribution in [0, 0.1) is 0 Å². The Morgan fingerprint density at radius 1 is 1.28 bits per heavy atom. The lowest BCUT2D eigenvalue weighted by molar-refractivity contribution is -0.115. The van der Waals surface area contributed by atoms with E-state index in [1.165, 1.54) is 23.1 Å². The number of nitrogens with zero attached hydrogens (tertiary/aromatic N) is 2. The molecule has 2 aromatic rings. The van der Waals surface area contributed by atoms with Crippen molar-refractivity contribution in [3.05, 3.63) is 24.3 Å².